The Balaban J connectivity index is 0.00000400. The molecule has 1 aromatic rings. The average molecular weight is 283 g/mol. The van der Waals surface area contributed by atoms with E-state index in [-0.39, 0.29) is 18.9 Å². The third-order valence-corrected chi connectivity index (χ3v) is 2.37. The number of hydrogen-bond donors (Lipinski definition) is 0. The van der Waals surface area contributed by atoms with Crippen molar-refractivity contribution in [2.45, 2.75) is 33.3 Å². The van der Waals surface area contributed by atoms with Gasteiger partial charge >= 0.3 is 25.0 Å². The van der Waals surface area contributed by atoms with E-state index < -0.39 is 11.7 Å². The van der Waals surface area contributed by atoms with Gasteiger partial charge in [0.25, 0.3) is 0 Å². The molecule has 0 aliphatic rings. The van der Waals surface area contributed by atoms with Crippen molar-refractivity contribution in [1.29, 1.82) is 0 Å². The smallest absolute Gasteiger partial charge is 0.497 e. The maximum Gasteiger partial charge on any atom is 1.00 e. The molecule has 0 spiro atoms. The molecular weight excluding hydrogens is 261 g/mol. The van der Waals surface area contributed by atoms with E-state index in [2.05, 4.69) is 0 Å². The minimum absolute atomic E-state index is 0. The molecule has 0 aliphatic carbocycles. The van der Waals surface area contributed by atoms with Gasteiger partial charge in [-0.1, -0.05) is 0 Å². The zero-order chi connectivity index (χ0) is 15.2. The molecule has 0 saturated heterocycles. The van der Waals surface area contributed by atoms with Gasteiger partial charge in [-0.05, 0) is 45.0 Å². The van der Waals surface area contributed by atoms with Crippen LogP contribution in [0.3, 0.4) is 0 Å². The number of carbonyl (C=O) groups excluding carboxylic acids is 1. The van der Waals surface area contributed by atoms with Crippen LogP contribution in [-0.2, 0) is 4.74 Å². The Bertz CT molecular complexity index is 463. The van der Waals surface area contributed by atoms with Crippen LogP contribution >= 0.6 is 0 Å². The first kappa shape index (κ1) is 19.5. The molecule has 0 aliphatic heterocycles. The third kappa shape index (κ3) is 6.66. The van der Waals surface area contributed by atoms with Gasteiger partial charge < -0.3 is 14.4 Å². The van der Waals surface area contributed by atoms with Gasteiger partial charge in [0.1, 0.15) is 11.4 Å². The first-order valence-corrected chi connectivity index (χ1v) is 6.50. The van der Waals surface area contributed by atoms with E-state index in [4.69, 9.17) is 9.47 Å². The summed E-state index contributed by atoms with van der Waals surface area (Å²) in [5.74, 6) is 0.740. The van der Waals surface area contributed by atoms with Crippen molar-refractivity contribution in [3.63, 3.8) is 0 Å². The van der Waals surface area contributed by atoms with Gasteiger partial charge in [0.15, 0.2) is 0 Å². The van der Waals surface area contributed by atoms with Gasteiger partial charge in [0.2, 0.25) is 0 Å². The topological polar surface area (TPSA) is 38.8 Å². The first-order valence-electron chi connectivity index (χ1n) is 6.50. The molecule has 0 fully saturated rings. The van der Waals surface area contributed by atoms with Gasteiger partial charge in [0, 0.05) is 5.69 Å². The standard InChI is InChI=1S/C16H22NO3.Li/c1-6-7-12-17(15(18)20-16(2,3)4)13-8-10-14(19-5)11-9-13;/h6-12H,1-5H3;/q-1;+1/b7-6+;. The number of ether oxygens (including phenoxy) is 2. The van der Waals surface area contributed by atoms with E-state index in [1.54, 1.807) is 31.9 Å². The van der Waals surface area contributed by atoms with Crippen molar-refractivity contribution in [3.8, 4) is 5.75 Å². The van der Waals surface area contributed by atoms with Crippen LogP contribution in [-0.4, -0.2) is 18.8 Å². The van der Waals surface area contributed by atoms with Gasteiger partial charge in [-0.25, -0.2) is 16.9 Å². The van der Waals surface area contributed by atoms with Crippen LogP contribution in [0, 0.1) is 6.54 Å². The van der Waals surface area contributed by atoms with Crippen molar-refractivity contribution in [1.82, 2.24) is 0 Å². The van der Waals surface area contributed by atoms with Gasteiger partial charge in [-0.2, -0.15) is 0 Å². The van der Waals surface area contributed by atoms with Crippen molar-refractivity contribution in [2.75, 3.05) is 12.0 Å². The minimum atomic E-state index is -0.536. The molecule has 0 N–H and O–H groups in total. The zero-order valence-corrected chi connectivity index (χ0v) is 13.7. The Kier molecular flexibility index (Phi) is 8.09. The fourth-order valence-corrected chi connectivity index (χ4v) is 1.48. The van der Waals surface area contributed by atoms with Crippen molar-refractivity contribution in [2.24, 2.45) is 0 Å². The molecule has 4 nitrogen and oxygen atoms in total. The molecule has 0 aromatic heterocycles. The summed E-state index contributed by atoms with van der Waals surface area (Å²) in [7, 11) is 1.60. The number of carbonyl (C=O) groups is 1. The predicted molar refractivity (Wildman–Crippen MR) is 80.8 cm³/mol. The third-order valence-electron chi connectivity index (χ3n) is 2.37. The normalized spacial score (nSPS) is 10.7. The van der Waals surface area contributed by atoms with Crippen LogP contribution in [0.1, 0.15) is 27.7 Å². The van der Waals surface area contributed by atoms with Crippen molar-refractivity contribution in [3.05, 3.63) is 43.0 Å². The number of anilines is 1. The van der Waals surface area contributed by atoms with Gasteiger partial charge in [-0.3, -0.25) is 0 Å². The van der Waals surface area contributed by atoms with E-state index in [1.807, 2.05) is 45.9 Å². The first-order chi connectivity index (χ1) is 9.37. The Morgan fingerprint density at radius 3 is 2.24 bits per heavy atom. The Labute approximate surface area is 139 Å². The number of nitrogens with zero attached hydrogens (tertiary/aromatic N) is 1. The summed E-state index contributed by atoms with van der Waals surface area (Å²) in [6.45, 7) is 9.08. The van der Waals surface area contributed by atoms with E-state index in [1.165, 1.54) is 4.90 Å². The second-order valence-corrected chi connectivity index (χ2v) is 5.22. The average Bonchev–Trinajstić information content (AvgIpc) is 2.38. The van der Waals surface area contributed by atoms with Crippen LogP contribution in [0.2, 0.25) is 0 Å². The fraction of sp³-hybridized carbons (Fsp3) is 0.375. The molecule has 110 valence electrons. The van der Waals surface area contributed by atoms with Gasteiger partial charge in [0.05, 0.1) is 7.11 Å². The van der Waals surface area contributed by atoms with Crippen molar-refractivity contribution < 1.29 is 33.1 Å². The Morgan fingerprint density at radius 1 is 1.24 bits per heavy atom. The second-order valence-electron chi connectivity index (χ2n) is 5.22. The van der Waals surface area contributed by atoms with E-state index in [0.717, 1.165) is 11.4 Å². The molecule has 1 rings (SSSR count). The van der Waals surface area contributed by atoms with Crippen LogP contribution in [0.5, 0.6) is 5.75 Å². The molecule has 1 amide bonds. The summed E-state index contributed by atoms with van der Waals surface area (Å²) >= 11 is 0. The van der Waals surface area contributed by atoms with Crippen LogP contribution in [0.25, 0.3) is 0 Å². The molecule has 1 aromatic carbocycles. The molecule has 0 bridgehead atoms. The van der Waals surface area contributed by atoms with Crippen LogP contribution in [0.15, 0.2) is 36.4 Å². The van der Waals surface area contributed by atoms with Crippen LogP contribution in [0.4, 0.5) is 10.5 Å². The van der Waals surface area contributed by atoms with Crippen molar-refractivity contribution >= 4 is 11.8 Å². The maximum absolute atomic E-state index is 12.2. The minimum Gasteiger partial charge on any atom is -0.497 e. The predicted octanol–water partition coefficient (Wildman–Crippen LogP) is 1.18. The molecule has 0 saturated carbocycles. The molecule has 0 unspecified atom stereocenters. The quantitative estimate of drug-likeness (QED) is 0.615. The number of allylic oxidation sites excluding steroid dienone is 1. The summed E-state index contributed by atoms with van der Waals surface area (Å²) < 4.78 is 10.5. The zero-order valence-electron chi connectivity index (χ0n) is 13.7. The molecule has 0 atom stereocenters. The summed E-state index contributed by atoms with van der Waals surface area (Å²) in [5, 5.41) is 0. The van der Waals surface area contributed by atoms with E-state index in [9.17, 15) is 4.79 Å². The number of methoxy groups -OCH3 is 1. The second kappa shape index (κ2) is 8.71. The number of rotatable bonds is 4. The SMILES string of the molecule is C/C=C/[CH-]N(C(=O)OC(C)(C)C)c1ccc(OC)cc1.[Li+]. The fourth-order valence-electron chi connectivity index (χ4n) is 1.48. The monoisotopic (exact) mass is 283 g/mol. The maximum atomic E-state index is 12.2. The molecule has 0 radical (unpaired) electrons. The molecule has 21 heavy (non-hydrogen) atoms. The summed E-state index contributed by atoms with van der Waals surface area (Å²) in [6, 6.07) is 7.22. The summed E-state index contributed by atoms with van der Waals surface area (Å²) in [4.78, 5) is 13.7. The molecule has 5 heteroatoms. The Hall–Kier alpha value is -1.50. The largest absolute Gasteiger partial charge is 1.00 e. The van der Waals surface area contributed by atoms with Crippen LogP contribution < -0.4 is 28.5 Å². The Morgan fingerprint density at radius 2 is 1.81 bits per heavy atom. The van der Waals surface area contributed by atoms with Gasteiger partial charge in [-0.15, -0.1) is 13.5 Å². The summed E-state index contributed by atoms with van der Waals surface area (Å²) in [6.07, 6.45) is 3.22. The van der Waals surface area contributed by atoms with E-state index >= 15 is 0 Å². The molecule has 0 heterocycles. The number of benzene rings is 1. The van der Waals surface area contributed by atoms with E-state index in [0.29, 0.717) is 0 Å². The number of amides is 1. The summed E-state index contributed by atoms with van der Waals surface area (Å²) in [5.41, 5.74) is 0.184. The molecular formula is C16H22LiNO3. The number of hydrogen-bond acceptors (Lipinski definition) is 3.